The van der Waals surface area contributed by atoms with Crippen LogP contribution in [-0.4, -0.2) is 43.2 Å². The molecule has 1 aromatic carbocycles. The lowest BCUT2D eigenvalue weighted by molar-refractivity contribution is 0.0360. The van der Waals surface area contributed by atoms with Gasteiger partial charge in [0.05, 0.1) is 11.5 Å². The summed E-state index contributed by atoms with van der Waals surface area (Å²) in [6.45, 7) is 6.05. The van der Waals surface area contributed by atoms with E-state index in [1.165, 1.54) is 17.0 Å². The van der Waals surface area contributed by atoms with Crippen LogP contribution in [0.5, 0.6) is 0 Å². The number of rotatable bonds is 4. The van der Waals surface area contributed by atoms with Gasteiger partial charge in [0.1, 0.15) is 0 Å². The maximum Gasteiger partial charge on any atom is 0.407 e. The molecule has 0 aliphatic carbocycles. The van der Waals surface area contributed by atoms with Gasteiger partial charge in [0.2, 0.25) is 0 Å². The molecular weight excluding hydrogens is 318 g/mol. The van der Waals surface area contributed by atoms with Crippen molar-refractivity contribution in [3.05, 3.63) is 29.8 Å². The third kappa shape index (κ3) is 4.23. The van der Waals surface area contributed by atoms with E-state index in [0.717, 1.165) is 5.56 Å². The Kier molecular flexibility index (Phi) is 5.01. The van der Waals surface area contributed by atoms with Crippen molar-refractivity contribution in [3.63, 3.8) is 0 Å². The maximum absolute atomic E-state index is 12.2. The predicted octanol–water partition coefficient (Wildman–Crippen LogP) is 2.87. The molecule has 23 heavy (non-hydrogen) atoms. The van der Waals surface area contributed by atoms with Crippen LogP contribution >= 0.6 is 0 Å². The van der Waals surface area contributed by atoms with E-state index < -0.39 is 21.8 Å². The Morgan fingerprint density at radius 2 is 1.96 bits per heavy atom. The van der Waals surface area contributed by atoms with E-state index in [-0.39, 0.29) is 17.4 Å². The second kappa shape index (κ2) is 6.49. The molecule has 2 rings (SSSR count). The van der Waals surface area contributed by atoms with Crippen molar-refractivity contribution < 1.29 is 22.5 Å². The van der Waals surface area contributed by atoms with Gasteiger partial charge in [-0.1, -0.05) is 17.7 Å². The summed E-state index contributed by atoms with van der Waals surface area (Å²) in [5, 5.41) is 9.19. The van der Waals surface area contributed by atoms with E-state index in [4.69, 9.17) is 4.18 Å². The van der Waals surface area contributed by atoms with Gasteiger partial charge in [0.15, 0.2) is 0 Å². The summed E-state index contributed by atoms with van der Waals surface area (Å²) in [5.74, 6) is 0.0147. The normalized spacial score (nSPS) is 21.2. The summed E-state index contributed by atoms with van der Waals surface area (Å²) in [7, 11) is -3.77. The van der Waals surface area contributed by atoms with Crippen LogP contribution < -0.4 is 0 Å². The molecule has 0 bridgehead atoms. The highest BCUT2D eigenvalue weighted by Crippen LogP contribution is 2.32. The Balaban J connectivity index is 1.99. The minimum atomic E-state index is -3.77. The zero-order valence-corrected chi connectivity index (χ0v) is 14.5. The van der Waals surface area contributed by atoms with E-state index in [9.17, 15) is 18.3 Å². The Hall–Kier alpha value is -1.60. The van der Waals surface area contributed by atoms with Gasteiger partial charge >= 0.3 is 6.09 Å². The standard InChI is InChI=1S/C16H23NO5S/c1-12-4-6-14(7-5-12)23(20,21)22-11-13-8-9-17(15(18)19)16(2,3)10-13/h4-7,13H,8-11H2,1-3H3,(H,18,19). The topological polar surface area (TPSA) is 83.9 Å². The van der Waals surface area contributed by atoms with Gasteiger partial charge in [-0.2, -0.15) is 8.42 Å². The third-order valence-corrected chi connectivity index (χ3v) is 5.58. The minimum Gasteiger partial charge on any atom is -0.465 e. The Bertz CT molecular complexity index is 666. The van der Waals surface area contributed by atoms with Crippen molar-refractivity contribution in [3.8, 4) is 0 Å². The number of nitrogens with zero attached hydrogens (tertiary/aromatic N) is 1. The summed E-state index contributed by atoms with van der Waals surface area (Å²) in [5.41, 5.74) is 0.456. The second-order valence-electron chi connectivity index (χ2n) is 6.66. The molecule has 0 radical (unpaired) electrons. The highest BCUT2D eigenvalue weighted by Gasteiger charge is 2.38. The number of aryl methyl sites for hydroxylation is 1. The first-order valence-electron chi connectivity index (χ1n) is 7.58. The molecule has 1 aliphatic heterocycles. The molecule has 1 N–H and O–H groups in total. The van der Waals surface area contributed by atoms with Crippen molar-refractivity contribution in [2.24, 2.45) is 5.92 Å². The molecular formula is C16H23NO5S. The maximum atomic E-state index is 12.2. The molecule has 6 nitrogen and oxygen atoms in total. The highest BCUT2D eigenvalue weighted by molar-refractivity contribution is 7.86. The van der Waals surface area contributed by atoms with E-state index in [1.807, 2.05) is 20.8 Å². The Morgan fingerprint density at radius 1 is 1.35 bits per heavy atom. The lowest BCUT2D eigenvalue weighted by Crippen LogP contribution is -2.53. The van der Waals surface area contributed by atoms with Crippen molar-refractivity contribution >= 4 is 16.2 Å². The summed E-state index contributed by atoms with van der Waals surface area (Å²) in [6, 6.07) is 6.51. The van der Waals surface area contributed by atoms with Crippen LogP contribution in [0, 0.1) is 12.8 Å². The number of piperidine rings is 1. The van der Waals surface area contributed by atoms with E-state index in [2.05, 4.69) is 0 Å². The molecule has 1 heterocycles. The van der Waals surface area contributed by atoms with Crippen molar-refractivity contribution in [1.82, 2.24) is 4.90 Å². The second-order valence-corrected chi connectivity index (χ2v) is 8.27. The number of likely N-dealkylation sites (tertiary alicyclic amines) is 1. The monoisotopic (exact) mass is 341 g/mol. The van der Waals surface area contributed by atoms with Gasteiger partial charge in [-0.3, -0.25) is 4.18 Å². The van der Waals surface area contributed by atoms with Crippen LogP contribution in [0.25, 0.3) is 0 Å². The number of carbonyl (C=O) groups is 1. The Labute approximate surface area is 137 Å². The molecule has 0 aromatic heterocycles. The van der Waals surface area contributed by atoms with Crippen LogP contribution in [0.15, 0.2) is 29.2 Å². The average molecular weight is 341 g/mol. The van der Waals surface area contributed by atoms with Gasteiger partial charge in [0, 0.05) is 12.1 Å². The molecule has 7 heteroatoms. The quantitative estimate of drug-likeness (QED) is 0.851. The van der Waals surface area contributed by atoms with Gasteiger partial charge in [0.25, 0.3) is 10.1 Å². The number of amides is 1. The van der Waals surface area contributed by atoms with Crippen LogP contribution in [-0.2, 0) is 14.3 Å². The van der Waals surface area contributed by atoms with Gasteiger partial charge in [-0.25, -0.2) is 4.79 Å². The molecule has 0 saturated carbocycles. The molecule has 1 atom stereocenters. The summed E-state index contributed by atoms with van der Waals surface area (Å²) in [6.07, 6.45) is 0.226. The third-order valence-electron chi connectivity index (χ3n) is 4.28. The average Bonchev–Trinajstić information content (AvgIpc) is 2.44. The fourth-order valence-corrected chi connectivity index (χ4v) is 3.97. The first-order chi connectivity index (χ1) is 10.6. The van der Waals surface area contributed by atoms with Crippen LogP contribution in [0.4, 0.5) is 4.79 Å². The molecule has 0 spiro atoms. The zero-order valence-electron chi connectivity index (χ0n) is 13.7. The molecule has 1 unspecified atom stereocenters. The molecule has 1 fully saturated rings. The number of hydrogen-bond acceptors (Lipinski definition) is 4. The first-order valence-corrected chi connectivity index (χ1v) is 8.99. The van der Waals surface area contributed by atoms with Crippen molar-refractivity contribution in [2.75, 3.05) is 13.2 Å². The fourth-order valence-electron chi connectivity index (χ4n) is 2.99. The minimum absolute atomic E-state index is 0.0147. The molecule has 1 aromatic rings. The van der Waals surface area contributed by atoms with Crippen molar-refractivity contribution in [1.29, 1.82) is 0 Å². The number of hydrogen-bond donors (Lipinski definition) is 1. The summed E-state index contributed by atoms with van der Waals surface area (Å²) < 4.78 is 29.6. The molecule has 1 saturated heterocycles. The van der Waals surface area contributed by atoms with Crippen LogP contribution in [0.1, 0.15) is 32.3 Å². The molecule has 1 aliphatic rings. The lowest BCUT2D eigenvalue weighted by atomic mass is 9.83. The number of benzene rings is 1. The van der Waals surface area contributed by atoms with Crippen LogP contribution in [0.3, 0.4) is 0 Å². The van der Waals surface area contributed by atoms with Crippen molar-refractivity contribution in [2.45, 2.75) is 44.0 Å². The zero-order chi connectivity index (χ0) is 17.3. The smallest absolute Gasteiger partial charge is 0.407 e. The Morgan fingerprint density at radius 3 is 2.48 bits per heavy atom. The summed E-state index contributed by atoms with van der Waals surface area (Å²) >= 11 is 0. The van der Waals surface area contributed by atoms with Crippen LogP contribution in [0.2, 0.25) is 0 Å². The highest BCUT2D eigenvalue weighted by atomic mass is 32.2. The SMILES string of the molecule is Cc1ccc(S(=O)(=O)OCC2CCN(C(=O)O)C(C)(C)C2)cc1. The van der Waals surface area contributed by atoms with E-state index in [1.54, 1.807) is 12.1 Å². The van der Waals surface area contributed by atoms with Gasteiger partial charge < -0.3 is 10.0 Å². The fraction of sp³-hybridized carbons (Fsp3) is 0.562. The predicted molar refractivity (Wildman–Crippen MR) is 85.9 cm³/mol. The largest absolute Gasteiger partial charge is 0.465 e. The lowest BCUT2D eigenvalue weighted by Gasteiger charge is -2.43. The molecule has 128 valence electrons. The van der Waals surface area contributed by atoms with Gasteiger partial charge in [-0.15, -0.1) is 0 Å². The number of carboxylic acid groups (broad SMARTS) is 1. The summed E-state index contributed by atoms with van der Waals surface area (Å²) in [4.78, 5) is 12.7. The first kappa shape index (κ1) is 17.7. The molecule has 1 amide bonds. The van der Waals surface area contributed by atoms with E-state index in [0.29, 0.717) is 19.4 Å². The van der Waals surface area contributed by atoms with E-state index >= 15 is 0 Å². The van der Waals surface area contributed by atoms with Gasteiger partial charge in [-0.05, 0) is 51.7 Å².